The first-order chi connectivity index (χ1) is 66.9. The quantitative estimate of drug-likeness (QED) is 0.0640. The number of piperazine rings is 4. The van der Waals surface area contributed by atoms with Crippen LogP contribution in [0.2, 0.25) is 45.2 Å². The van der Waals surface area contributed by atoms with Crippen LogP contribution in [0.5, 0.6) is 23.5 Å². The minimum atomic E-state index is -4.50. The standard InChI is InChI=1S/C24H27Cl2F3N4O4S.2C23H27Cl2FN4O4S.C22H25Cl3N4O4S/c1-15(37-22-6-4-17(12-30-22)24(27,28)29)18-13-32(14-19(18)16-3-5-20(25)21(26)11-16)23(34)31-7-9-33(10-8-31)38(2,35)36;2*1-15(34-22-6-4-17(26)12-27-22)18-13-29(14-19(18)16-3-5-20(24)21(25)11-16)23(31)28-7-9-30(10-8-28)35(2,32)33;1-34(31,32)29-8-6-27(7-9-29)22(30)28-12-16(14-33-21-5-3-17(23)11-26-21)18(13-28)15-2-4-19(24)20(25)10-15/h3-6,11-12,15,18-19H,7-10,13-14H2,1-2H3;2*3-6,11-12,15,18-19H,7-10,13-14H2,1-2H3;2-5,10-11,16,18H,6-9,12-14H2,1H3. The lowest BCUT2D eigenvalue weighted by Gasteiger charge is -2.35. The zero-order chi connectivity index (χ0) is 103. The molecule has 0 saturated carbocycles. The Balaban J connectivity index is 0.000000159. The summed E-state index contributed by atoms with van der Waals surface area (Å²) in [5.74, 6) is -0.614. The average Bonchev–Trinajstić information content (AvgIpc) is 1.73. The van der Waals surface area contributed by atoms with Crippen molar-refractivity contribution in [3.8, 4) is 23.5 Å². The van der Waals surface area contributed by atoms with Gasteiger partial charge in [0.05, 0.1) is 94.8 Å². The third-order valence-corrected chi connectivity index (χ3v) is 34.7. The van der Waals surface area contributed by atoms with Crippen LogP contribution in [0.15, 0.2) is 146 Å². The predicted octanol–water partition coefficient (Wildman–Crippen LogP) is 15.8. The summed E-state index contributed by atoms with van der Waals surface area (Å²) >= 11 is 55.5. The number of sulfonamides is 4. The van der Waals surface area contributed by atoms with Crippen molar-refractivity contribution in [2.45, 2.75) is 68.9 Å². The number of alkyl halides is 3. The molecule has 8 aliphatic heterocycles. The molecule has 8 saturated heterocycles. The Hall–Kier alpha value is -8.34. The molecule has 0 radical (unpaired) electrons. The molecule has 4 aromatic carbocycles. The molecular formula is C92H106Cl9F5N16O16S4. The molecule has 12 heterocycles. The Labute approximate surface area is 867 Å². The Morgan fingerprint density at radius 1 is 0.331 bits per heavy atom. The van der Waals surface area contributed by atoms with Gasteiger partial charge in [-0.25, -0.2) is 81.6 Å². The first-order valence-corrected chi connectivity index (χ1v) is 56.0. The van der Waals surface area contributed by atoms with Gasteiger partial charge in [0.15, 0.2) is 0 Å². The number of aromatic nitrogens is 4. The second-order valence-corrected chi connectivity index (χ2v) is 47.4. The van der Waals surface area contributed by atoms with Crippen molar-refractivity contribution in [3.05, 3.63) is 231 Å². The van der Waals surface area contributed by atoms with E-state index >= 15 is 0 Å². The van der Waals surface area contributed by atoms with Crippen molar-refractivity contribution in [2.24, 2.45) is 23.7 Å². The molecule has 0 aliphatic carbocycles. The summed E-state index contributed by atoms with van der Waals surface area (Å²) in [5, 5.41) is 3.95. The number of hydrogen-bond donors (Lipinski definition) is 0. The van der Waals surface area contributed by atoms with E-state index in [2.05, 4.69) is 19.9 Å². The molecule has 8 fully saturated rings. The molecule has 772 valence electrons. The summed E-state index contributed by atoms with van der Waals surface area (Å²) in [6.45, 7) is 14.0. The van der Waals surface area contributed by atoms with Crippen LogP contribution in [0.4, 0.5) is 41.1 Å². The fourth-order valence-corrected chi connectivity index (χ4v) is 23.2. The SMILES string of the molecule is CC(Oc1ccc(C(F)(F)F)cn1)C1CN(C(=O)N2CCN(S(C)(=O)=O)CC2)CC1c1ccc(Cl)c(Cl)c1.CC(Oc1ccc(F)cn1)C1CN(C(=O)N2CCN(S(C)(=O)=O)CC2)CC1c1ccc(Cl)c(Cl)c1.CC(Oc1ccc(F)cn1)C1CN(C(=O)N2CCN(S(C)(=O)=O)CC2)CC1c1ccc(Cl)c(Cl)c1.CS(=O)(=O)N1CCN(C(=O)N2CC(COc3ccc(Cl)cn3)C(c3ccc(Cl)c(Cl)c3)C2)CC1. The number of rotatable bonds is 20. The van der Waals surface area contributed by atoms with Gasteiger partial charge in [0.2, 0.25) is 63.6 Å². The number of amides is 8. The van der Waals surface area contributed by atoms with Crippen molar-refractivity contribution in [1.82, 2.24) is 76.4 Å². The van der Waals surface area contributed by atoms with Crippen LogP contribution in [-0.4, -0.2) is 341 Å². The number of nitrogens with zero attached hydrogens (tertiary/aromatic N) is 16. The maximum atomic E-state index is 13.4. The van der Waals surface area contributed by atoms with Crippen molar-refractivity contribution < 1.29 is 93.7 Å². The highest BCUT2D eigenvalue weighted by atomic mass is 35.5. The summed E-state index contributed by atoms with van der Waals surface area (Å²) in [6.07, 6.45) is 3.42. The number of halogens is 14. The van der Waals surface area contributed by atoms with E-state index in [9.17, 15) is 74.8 Å². The smallest absolute Gasteiger partial charge is 0.417 e. The Morgan fingerprint density at radius 3 is 0.852 bits per heavy atom. The lowest BCUT2D eigenvalue weighted by Crippen LogP contribution is -2.53. The monoisotopic (exact) mass is 2230 g/mol. The summed E-state index contributed by atoms with van der Waals surface area (Å²) in [5.41, 5.74) is 2.81. The van der Waals surface area contributed by atoms with Gasteiger partial charge in [-0.3, -0.25) is 0 Å². The number of carbonyl (C=O) groups excluding carboxylic acids is 4. The van der Waals surface area contributed by atoms with Crippen LogP contribution in [0.25, 0.3) is 0 Å². The molecule has 8 amide bonds. The molecule has 0 N–H and O–H groups in total. The van der Waals surface area contributed by atoms with E-state index in [1.54, 1.807) is 88.6 Å². The van der Waals surface area contributed by atoms with Gasteiger partial charge in [0.25, 0.3) is 0 Å². The van der Waals surface area contributed by atoms with Gasteiger partial charge in [0.1, 0.15) is 29.9 Å². The minimum Gasteiger partial charge on any atom is -0.477 e. The topological polar surface area (TPSA) is 332 Å². The van der Waals surface area contributed by atoms with Crippen LogP contribution in [0, 0.1) is 35.3 Å². The number of ether oxygens (including phenoxy) is 4. The third-order valence-electron chi connectivity index (χ3n) is 26.4. The zero-order valence-electron chi connectivity index (χ0n) is 78.0. The summed E-state index contributed by atoms with van der Waals surface area (Å²) in [6, 6.07) is 32.0. The van der Waals surface area contributed by atoms with Gasteiger partial charge < -0.3 is 58.1 Å². The Bertz CT molecular complexity index is 6080. The fourth-order valence-electron chi connectivity index (χ4n) is 18.6. The van der Waals surface area contributed by atoms with Crippen molar-refractivity contribution >= 4 is 169 Å². The average molecular weight is 2230 g/mol. The molecule has 50 heteroatoms. The van der Waals surface area contributed by atoms with E-state index in [0.717, 1.165) is 53.2 Å². The molecule has 16 rings (SSSR count). The van der Waals surface area contributed by atoms with Gasteiger partial charge in [-0.15, -0.1) is 0 Å². The first kappa shape index (κ1) is 111. The highest BCUT2D eigenvalue weighted by Crippen LogP contribution is 2.45. The largest absolute Gasteiger partial charge is 0.477 e. The Kier molecular flexibility index (Phi) is 37.2. The highest BCUT2D eigenvalue weighted by molar-refractivity contribution is 7.89. The number of pyridine rings is 4. The highest BCUT2D eigenvalue weighted by Gasteiger charge is 2.48. The molecule has 8 aromatic rings. The van der Waals surface area contributed by atoms with Gasteiger partial charge >= 0.3 is 30.3 Å². The van der Waals surface area contributed by atoms with E-state index in [1.807, 2.05) is 56.3 Å². The van der Waals surface area contributed by atoms with Gasteiger partial charge in [-0.05, 0) is 116 Å². The van der Waals surface area contributed by atoms with Crippen molar-refractivity contribution in [3.63, 3.8) is 0 Å². The molecule has 142 heavy (non-hydrogen) atoms. The van der Waals surface area contributed by atoms with Crippen molar-refractivity contribution in [2.75, 3.05) is 189 Å². The van der Waals surface area contributed by atoms with Crippen LogP contribution in [0.3, 0.4) is 0 Å². The van der Waals surface area contributed by atoms with Crippen LogP contribution >= 0.6 is 104 Å². The van der Waals surface area contributed by atoms with Crippen molar-refractivity contribution in [1.29, 1.82) is 0 Å². The van der Waals surface area contributed by atoms with E-state index in [0.29, 0.717) is 174 Å². The predicted molar refractivity (Wildman–Crippen MR) is 533 cm³/mol. The fraction of sp³-hybridized carbons (Fsp3) is 0.478. The van der Waals surface area contributed by atoms with Crippen LogP contribution in [-0.2, 0) is 46.3 Å². The number of urea groups is 4. The molecule has 4 aromatic heterocycles. The number of carbonyl (C=O) groups is 4. The summed E-state index contributed by atoms with van der Waals surface area (Å²) < 4.78 is 189. The van der Waals surface area contributed by atoms with Gasteiger partial charge in [-0.2, -0.15) is 30.4 Å². The molecule has 0 spiro atoms. The summed E-state index contributed by atoms with van der Waals surface area (Å²) in [4.78, 5) is 83.1. The summed E-state index contributed by atoms with van der Waals surface area (Å²) in [7, 11) is -13.2. The maximum Gasteiger partial charge on any atom is 0.417 e. The van der Waals surface area contributed by atoms with Crippen LogP contribution in [0.1, 0.15) is 72.3 Å². The molecule has 0 bridgehead atoms. The zero-order valence-corrected chi connectivity index (χ0v) is 88.1. The van der Waals surface area contributed by atoms with E-state index in [4.69, 9.17) is 123 Å². The molecule has 11 atom stereocenters. The first-order valence-electron chi connectivity index (χ1n) is 45.2. The minimum absolute atomic E-state index is 0.00372. The number of hydrogen-bond acceptors (Lipinski definition) is 20. The maximum absolute atomic E-state index is 13.4. The number of likely N-dealkylation sites (tertiary alicyclic amines) is 4. The Morgan fingerprint density at radius 2 is 0.599 bits per heavy atom. The van der Waals surface area contributed by atoms with Gasteiger partial charge in [0, 0.05) is 241 Å². The molecule has 8 aliphatic rings. The second kappa shape index (κ2) is 47.7. The number of benzene rings is 4. The normalized spacial score (nSPS) is 22.1. The molecule has 32 nitrogen and oxygen atoms in total. The van der Waals surface area contributed by atoms with Crippen LogP contribution < -0.4 is 18.9 Å². The second-order valence-electron chi connectivity index (χ2n) is 35.8. The molecular weight excluding hydrogens is 2130 g/mol. The van der Waals surface area contributed by atoms with E-state index < -0.39 is 69.6 Å². The lowest BCUT2D eigenvalue weighted by atomic mass is 9.86. The lowest BCUT2D eigenvalue weighted by molar-refractivity contribution is -0.137. The third kappa shape index (κ3) is 28.9. The van der Waals surface area contributed by atoms with E-state index in [-0.39, 0.29) is 142 Å². The molecule has 11 unspecified atom stereocenters. The van der Waals surface area contributed by atoms with E-state index in [1.165, 1.54) is 72.5 Å². The van der Waals surface area contributed by atoms with Gasteiger partial charge in [-0.1, -0.05) is 129 Å².